The topological polar surface area (TPSA) is 121 Å². The number of hydrogen-bond donors (Lipinski definition) is 3. The van der Waals surface area contributed by atoms with Crippen molar-refractivity contribution < 1.29 is 19.5 Å². The lowest BCUT2D eigenvalue weighted by Crippen LogP contribution is -2.55. The summed E-state index contributed by atoms with van der Waals surface area (Å²) in [5, 5.41) is 27.8. The Kier molecular flexibility index (Phi) is 3.43. The van der Waals surface area contributed by atoms with Crippen LogP contribution in [0.25, 0.3) is 22.2 Å². The molecule has 2 aromatic heterocycles. The van der Waals surface area contributed by atoms with Gasteiger partial charge in [0.25, 0.3) is 0 Å². The molecule has 8 heteroatoms. The summed E-state index contributed by atoms with van der Waals surface area (Å²) in [6.45, 7) is 1.73. The highest BCUT2D eigenvalue weighted by atomic mass is 16.5. The van der Waals surface area contributed by atoms with Crippen molar-refractivity contribution >= 4 is 22.6 Å². The quantitative estimate of drug-likeness (QED) is 0.659. The summed E-state index contributed by atoms with van der Waals surface area (Å²) in [7, 11) is 0. The summed E-state index contributed by atoms with van der Waals surface area (Å²) in [6, 6.07) is 7.51. The highest BCUT2D eigenvalue weighted by Crippen LogP contribution is 2.36. The highest BCUT2D eigenvalue weighted by molar-refractivity contribution is 5.94. The van der Waals surface area contributed by atoms with E-state index in [1.807, 2.05) is 24.3 Å². The number of nitrogens with zero attached hydrogens (tertiary/aromatic N) is 3. The van der Waals surface area contributed by atoms with E-state index in [1.54, 1.807) is 13.1 Å². The van der Waals surface area contributed by atoms with Crippen LogP contribution >= 0.6 is 0 Å². The van der Waals surface area contributed by atoms with Crippen LogP contribution in [-0.4, -0.2) is 42.9 Å². The monoisotopic (exact) mass is 340 g/mol. The maximum atomic E-state index is 11.0. The molecular weight excluding hydrogens is 324 g/mol. The van der Waals surface area contributed by atoms with Crippen LogP contribution in [0.15, 0.2) is 35.0 Å². The first-order valence-electron chi connectivity index (χ1n) is 7.86. The molecule has 0 saturated heterocycles. The second-order valence-electron chi connectivity index (χ2n) is 6.32. The van der Waals surface area contributed by atoms with E-state index in [2.05, 4.69) is 20.4 Å². The van der Waals surface area contributed by atoms with Crippen LogP contribution in [0.3, 0.4) is 0 Å². The Balaban J connectivity index is 1.64. The third-order valence-corrected chi connectivity index (χ3v) is 4.46. The van der Waals surface area contributed by atoms with Crippen LogP contribution in [0.2, 0.25) is 0 Å². The number of carboxylic acid groups (broad SMARTS) is 1. The van der Waals surface area contributed by atoms with Gasteiger partial charge in [-0.25, -0.2) is 9.78 Å². The third kappa shape index (κ3) is 2.70. The number of fused-ring (bicyclic) bond motifs is 1. The van der Waals surface area contributed by atoms with E-state index in [4.69, 9.17) is 9.63 Å². The van der Waals surface area contributed by atoms with Crippen LogP contribution in [0.5, 0.6) is 0 Å². The van der Waals surface area contributed by atoms with Gasteiger partial charge in [0.15, 0.2) is 5.60 Å². The summed E-state index contributed by atoms with van der Waals surface area (Å²) in [5.74, 6) is 0.434. The Morgan fingerprint density at radius 1 is 1.36 bits per heavy atom. The first kappa shape index (κ1) is 15.5. The van der Waals surface area contributed by atoms with Crippen molar-refractivity contribution in [2.45, 2.75) is 31.4 Å². The molecule has 25 heavy (non-hydrogen) atoms. The molecule has 0 atom stereocenters. The van der Waals surface area contributed by atoms with E-state index in [0.29, 0.717) is 17.5 Å². The molecule has 0 amide bonds. The molecular formula is C17H16N4O4. The molecule has 8 nitrogen and oxygen atoms in total. The lowest BCUT2D eigenvalue weighted by Gasteiger charge is -2.40. The number of rotatable bonds is 4. The van der Waals surface area contributed by atoms with Gasteiger partial charge in [0, 0.05) is 43.0 Å². The van der Waals surface area contributed by atoms with Crippen molar-refractivity contribution in [1.82, 2.24) is 15.1 Å². The SMILES string of the molecule is Cc1nc(-c2ccc3ccnc(NC4CC(O)(C(=O)O)C4)c3c2)no1. The molecule has 4 rings (SSSR count). The normalized spacial score (nSPS) is 22.6. The summed E-state index contributed by atoms with van der Waals surface area (Å²) < 4.78 is 5.02. The number of benzene rings is 1. The number of pyridine rings is 1. The third-order valence-electron chi connectivity index (χ3n) is 4.46. The standard InChI is InChI=1S/C17H16N4O4/c1-9-19-14(21-25-9)11-3-2-10-4-5-18-15(13(10)6-11)20-12-7-17(24,8-12)16(22)23/h2-6,12,24H,7-8H2,1H3,(H,18,20)(H,22,23). The number of nitrogens with one attached hydrogen (secondary N) is 1. The fraction of sp³-hybridized carbons (Fsp3) is 0.294. The van der Waals surface area contributed by atoms with E-state index in [1.165, 1.54) is 0 Å². The maximum absolute atomic E-state index is 11.0. The van der Waals surface area contributed by atoms with Gasteiger partial charge >= 0.3 is 5.97 Å². The summed E-state index contributed by atoms with van der Waals surface area (Å²) in [4.78, 5) is 19.6. The van der Waals surface area contributed by atoms with Crippen LogP contribution < -0.4 is 5.32 Å². The van der Waals surface area contributed by atoms with E-state index in [0.717, 1.165) is 16.3 Å². The Bertz CT molecular complexity index is 962. The van der Waals surface area contributed by atoms with Crippen molar-refractivity contribution in [2.24, 2.45) is 0 Å². The maximum Gasteiger partial charge on any atom is 0.335 e. The van der Waals surface area contributed by atoms with Crippen molar-refractivity contribution in [1.29, 1.82) is 0 Å². The van der Waals surface area contributed by atoms with Gasteiger partial charge in [0.2, 0.25) is 11.7 Å². The van der Waals surface area contributed by atoms with Gasteiger partial charge in [-0.3, -0.25) is 0 Å². The molecule has 0 bridgehead atoms. The number of aryl methyl sites for hydroxylation is 1. The largest absolute Gasteiger partial charge is 0.479 e. The van der Waals surface area contributed by atoms with Gasteiger partial charge in [-0.1, -0.05) is 17.3 Å². The van der Waals surface area contributed by atoms with Crippen LogP contribution in [0.1, 0.15) is 18.7 Å². The first-order chi connectivity index (χ1) is 11.9. The minimum Gasteiger partial charge on any atom is -0.479 e. The molecule has 0 spiro atoms. The molecule has 1 aliphatic rings. The molecule has 0 unspecified atom stereocenters. The minimum atomic E-state index is -1.64. The lowest BCUT2D eigenvalue weighted by molar-refractivity contribution is -0.168. The average Bonchev–Trinajstić information content (AvgIpc) is 2.99. The molecule has 1 fully saturated rings. The van der Waals surface area contributed by atoms with Crippen LogP contribution in [0, 0.1) is 6.92 Å². The van der Waals surface area contributed by atoms with Crippen molar-refractivity contribution in [3.63, 3.8) is 0 Å². The smallest absolute Gasteiger partial charge is 0.335 e. The molecule has 0 radical (unpaired) electrons. The van der Waals surface area contributed by atoms with E-state index in [-0.39, 0.29) is 18.9 Å². The molecule has 1 saturated carbocycles. The van der Waals surface area contributed by atoms with Gasteiger partial charge < -0.3 is 20.1 Å². The second-order valence-corrected chi connectivity index (χ2v) is 6.32. The zero-order valence-electron chi connectivity index (χ0n) is 13.4. The predicted molar refractivity (Wildman–Crippen MR) is 89.0 cm³/mol. The summed E-state index contributed by atoms with van der Waals surface area (Å²) in [5.41, 5.74) is -0.841. The Morgan fingerprint density at radius 2 is 2.16 bits per heavy atom. The number of carboxylic acids is 1. The molecule has 3 N–H and O–H groups in total. The number of carbonyl (C=O) groups is 1. The molecule has 128 valence electrons. The number of anilines is 1. The first-order valence-corrected chi connectivity index (χ1v) is 7.86. The number of hydrogen-bond acceptors (Lipinski definition) is 7. The Hall–Kier alpha value is -3.00. The summed E-state index contributed by atoms with van der Waals surface area (Å²) >= 11 is 0. The predicted octanol–water partition coefficient (Wildman–Crippen LogP) is 1.98. The fourth-order valence-electron chi connectivity index (χ4n) is 3.06. The van der Waals surface area contributed by atoms with Gasteiger partial charge in [-0.05, 0) is 17.5 Å². The Morgan fingerprint density at radius 3 is 2.84 bits per heavy atom. The van der Waals surface area contributed by atoms with Gasteiger partial charge in [-0.2, -0.15) is 4.98 Å². The minimum absolute atomic E-state index is 0.143. The van der Waals surface area contributed by atoms with E-state index in [9.17, 15) is 9.90 Å². The van der Waals surface area contributed by atoms with E-state index >= 15 is 0 Å². The Labute approximate surface area is 142 Å². The van der Waals surface area contributed by atoms with Crippen molar-refractivity contribution in [3.8, 4) is 11.4 Å². The molecule has 3 aromatic rings. The average molecular weight is 340 g/mol. The number of aromatic nitrogens is 3. The molecule has 1 aliphatic carbocycles. The van der Waals surface area contributed by atoms with Crippen molar-refractivity contribution in [2.75, 3.05) is 5.32 Å². The van der Waals surface area contributed by atoms with Gasteiger partial charge in [-0.15, -0.1) is 0 Å². The van der Waals surface area contributed by atoms with Crippen LogP contribution in [0.4, 0.5) is 5.82 Å². The van der Waals surface area contributed by atoms with E-state index < -0.39 is 11.6 Å². The number of aliphatic hydroxyl groups is 1. The molecule has 1 aromatic carbocycles. The van der Waals surface area contributed by atoms with Crippen molar-refractivity contribution in [3.05, 3.63) is 36.4 Å². The lowest BCUT2D eigenvalue weighted by atomic mass is 9.75. The number of aliphatic carboxylic acids is 1. The zero-order valence-corrected chi connectivity index (χ0v) is 13.4. The van der Waals surface area contributed by atoms with Gasteiger partial charge in [0.1, 0.15) is 5.82 Å². The highest BCUT2D eigenvalue weighted by Gasteiger charge is 2.49. The summed E-state index contributed by atoms with van der Waals surface area (Å²) in [6.07, 6.45) is 1.97. The second kappa shape index (κ2) is 5.52. The molecule has 2 heterocycles. The zero-order chi connectivity index (χ0) is 17.6. The van der Waals surface area contributed by atoms with Gasteiger partial charge in [0.05, 0.1) is 0 Å². The molecule has 0 aliphatic heterocycles. The fourth-order valence-corrected chi connectivity index (χ4v) is 3.06. The van der Waals surface area contributed by atoms with Crippen LogP contribution in [-0.2, 0) is 4.79 Å².